The van der Waals surface area contributed by atoms with Gasteiger partial charge in [-0.3, -0.25) is 14.4 Å². The fourth-order valence-corrected chi connectivity index (χ4v) is 1.75. The second kappa shape index (κ2) is 7.84. The van der Waals surface area contributed by atoms with Gasteiger partial charge in [0.15, 0.2) is 0 Å². The maximum Gasteiger partial charge on any atom is 0.308 e. The number of carboxylic acid groups (broad SMARTS) is 2. The van der Waals surface area contributed by atoms with Crippen LogP contribution < -0.4 is 11.1 Å². The third-order valence-corrected chi connectivity index (χ3v) is 2.74. The summed E-state index contributed by atoms with van der Waals surface area (Å²) >= 11 is 0. The van der Waals surface area contributed by atoms with E-state index in [-0.39, 0.29) is 24.8 Å². The zero-order valence-electron chi connectivity index (χ0n) is 12.2. The van der Waals surface area contributed by atoms with E-state index in [2.05, 4.69) is 5.32 Å². The SMILES string of the molecule is CC(C)(C)CC(CNC(=O)C(N)CCC(=O)O)C(=O)O. The predicted molar refractivity (Wildman–Crippen MR) is 73.1 cm³/mol. The molecule has 7 heteroatoms. The average molecular weight is 288 g/mol. The minimum absolute atomic E-state index is 0.00773. The molecule has 7 nitrogen and oxygen atoms in total. The molecule has 0 saturated heterocycles. The van der Waals surface area contributed by atoms with Gasteiger partial charge in [-0.2, -0.15) is 0 Å². The Labute approximate surface area is 118 Å². The maximum atomic E-state index is 11.6. The fourth-order valence-electron chi connectivity index (χ4n) is 1.75. The van der Waals surface area contributed by atoms with Crippen LogP contribution in [0.2, 0.25) is 0 Å². The molecule has 0 aliphatic carbocycles. The quantitative estimate of drug-likeness (QED) is 0.512. The molecule has 0 fully saturated rings. The van der Waals surface area contributed by atoms with Gasteiger partial charge in [0.25, 0.3) is 0 Å². The topological polar surface area (TPSA) is 130 Å². The van der Waals surface area contributed by atoms with Crippen molar-refractivity contribution in [3.05, 3.63) is 0 Å². The van der Waals surface area contributed by atoms with Crippen molar-refractivity contribution in [2.45, 2.75) is 46.1 Å². The smallest absolute Gasteiger partial charge is 0.308 e. The van der Waals surface area contributed by atoms with E-state index in [9.17, 15) is 14.4 Å². The third kappa shape index (κ3) is 8.47. The molecule has 0 saturated carbocycles. The minimum atomic E-state index is -1.02. The number of carbonyl (C=O) groups excluding carboxylic acids is 1. The molecular formula is C13H24N2O5. The fraction of sp³-hybridized carbons (Fsp3) is 0.769. The van der Waals surface area contributed by atoms with E-state index in [1.54, 1.807) is 0 Å². The Morgan fingerprint density at radius 2 is 1.75 bits per heavy atom. The Morgan fingerprint density at radius 3 is 2.15 bits per heavy atom. The minimum Gasteiger partial charge on any atom is -0.481 e. The highest BCUT2D eigenvalue weighted by atomic mass is 16.4. The number of rotatable bonds is 8. The van der Waals surface area contributed by atoms with Crippen molar-refractivity contribution in [3.8, 4) is 0 Å². The number of hydrogen-bond donors (Lipinski definition) is 4. The molecule has 0 aromatic carbocycles. The number of nitrogens with two attached hydrogens (primary N) is 1. The summed E-state index contributed by atoms with van der Waals surface area (Å²) < 4.78 is 0. The van der Waals surface area contributed by atoms with Gasteiger partial charge in [-0.05, 0) is 18.3 Å². The molecule has 20 heavy (non-hydrogen) atoms. The highest BCUT2D eigenvalue weighted by molar-refractivity contribution is 5.82. The molecule has 0 bridgehead atoms. The molecule has 0 aliphatic rings. The molecule has 0 aliphatic heterocycles. The Bertz CT molecular complexity index is 362. The van der Waals surface area contributed by atoms with Crippen molar-refractivity contribution in [2.24, 2.45) is 17.1 Å². The Morgan fingerprint density at radius 1 is 1.20 bits per heavy atom. The van der Waals surface area contributed by atoms with E-state index in [4.69, 9.17) is 15.9 Å². The zero-order valence-corrected chi connectivity index (χ0v) is 12.2. The van der Waals surface area contributed by atoms with Crippen molar-refractivity contribution < 1.29 is 24.6 Å². The summed E-state index contributed by atoms with van der Waals surface area (Å²) in [5.74, 6) is -3.21. The van der Waals surface area contributed by atoms with Crippen LogP contribution in [-0.4, -0.2) is 40.6 Å². The molecule has 116 valence electrons. The lowest BCUT2D eigenvalue weighted by Crippen LogP contribution is -2.44. The molecule has 0 radical (unpaired) electrons. The van der Waals surface area contributed by atoms with Gasteiger partial charge < -0.3 is 21.3 Å². The van der Waals surface area contributed by atoms with Crippen LogP contribution >= 0.6 is 0 Å². The van der Waals surface area contributed by atoms with Crippen LogP contribution in [0.4, 0.5) is 0 Å². The average Bonchev–Trinajstić information content (AvgIpc) is 2.29. The van der Waals surface area contributed by atoms with Gasteiger partial charge >= 0.3 is 11.9 Å². The number of hydrogen-bond acceptors (Lipinski definition) is 4. The van der Waals surface area contributed by atoms with E-state index < -0.39 is 29.8 Å². The largest absolute Gasteiger partial charge is 0.481 e. The molecule has 0 heterocycles. The summed E-state index contributed by atoms with van der Waals surface area (Å²) in [6.07, 6.45) is 0.254. The molecule has 0 rings (SSSR count). The number of carbonyl (C=O) groups is 3. The molecule has 0 aromatic rings. The first-order valence-corrected chi connectivity index (χ1v) is 6.51. The van der Waals surface area contributed by atoms with E-state index in [0.717, 1.165) is 0 Å². The summed E-state index contributed by atoms with van der Waals surface area (Å²) in [5.41, 5.74) is 5.36. The van der Waals surface area contributed by atoms with Gasteiger partial charge in [-0.25, -0.2) is 0 Å². The lowest BCUT2D eigenvalue weighted by Gasteiger charge is -2.23. The van der Waals surface area contributed by atoms with Crippen molar-refractivity contribution in [2.75, 3.05) is 6.54 Å². The lowest BCUT2D eigenvalue weighted by atomic mass is 9.84. The van der Waals surface area contributed by atoms with Gasteiger partial charge in [0.05, 0.1) is 12.0 Å². The number of carboxylic acids is 2. The van der Waals surface area contributed by atoms with Crippen molar-refractivity contribution in [1.82, 2.24) is 5.32 Å². The van der Waals surface area contributed by atoms with Gasteiger partial charge in [-0.15, -0.1) is 0 Å². The second-order valence-corrected chi connectivity index (χ2v) is 6.08. The van der Waals surface area contributed by atoms with Crippen LogP contribution in [0.5, 0.6) is 0 Å². The first-order valence-electron chi connectivity index (χ1n) is 6.51. The molecular weight excluding hydrogens is 264 g/mol. The summed E-state index contributed by atoms with van der Waals surface area (Å²) in [6.45, 7) is 5.75. The number of aliphatic carboxylic acids is 2. The highest BCUT2D eigenvalue weighted by Crippen LogP contribution is 2.24. The van der Waals surface area contributed by atoms with Crippen molar-refractivity contribution in [3.63, 3.8) is 0 Å². The first kappa shape index (κ1) is 18.4. The van der Waals surface area contributed by atoms with E-state index >= 15 is 0 Å². The van der Waals surface area contributed by atoms with Gasteiger partial charge in [0, 0.05) is 13.0 Å². The van der Waals surface area contributed by atoms with E-state index in [1.807, 2.05) is 20.8 Å². The normalized spacial score (nSPS) is 14.4. The first-order chi connectivity index (χ1) is 9.03. The van der Waals surface area contributed by atoms with Gasteiger partial charge in [0.1, 0.15) is 0 Å². The maximum absolute atomic E-state index is 11.6. The van der Waals surface area contributed by atoms with E-state index in [0.29, 0.717) is 6.42 Å². The molecule has 2 atom stereocenters. The Hall–Kier alpha value is -1.63. The molecule has 2 unspecified atom stereocenters. The third-order valence-electron chi connectivity index (χ3n) is 2.74. The van der Waals surface area contributed by atoms with Gasteiger partial charge in [0.2, 0.25) is 5.91 Å². The van der Waals surface area contributed by atoms with Crippen LogP contribution in [0.15, 0.2) is 0 Å². The molecule has 5 N–H and O–H groups in total. The van der Waals surface area contributed by atoms with Gasteiger partial charge in [-0.1, -0.05) is 20.8 Å². The Balaban J connectivity index is 4.30. The second-order valence-electron chi connectivity index (χ2n) is 6.08. The van der Waals surface area contributed by atoms with Crippen LogP contribution in [0.1, 0.15) is 40.0 Å². The number of amides is 1. The standard InChI is InChI=1S/C13H24N2O5/c1-13(2,3)6-8(12(19)20)7-15-11(18)9(14)4-5-10(16)17/h8-9H,4-7,14H2,1-3H3,(H,15,18)(H,16,17)(H,19,20). The zero-order chi connectivity index (χ0) is 15.9. The van der Waals surface area contributed by atoms with E-state index in [1.165, 1.54) is 0 Å². The highest BCUT2D eigenvalue weighted by Gasteiger charge is 2.25. The summed E-state index contributed by atoms with van der Waals surface area (Å²) in [6, 6.07) is -0.935. The van der Waals surface area contributed by atoms with Crippen LogP contribution in [0.25, 0.3) is 0 Å². The van der Waals surface area contributed by atoms with Crippen molar-refractivity contribution >= 4 is 17.8 Å². The monoisotopic (exact) mass is 288 g/mol. The lowest BCUT2D eigenvalue weighted by molar-refractivity contribution is -0.142. The summed E-state index contributed by atoms with van der Waals surface area (Å²) in [4.78, 5) is 33.1. The molecule has 0 spiro atoms. The predicted octanol–water partition coefficient (Wildman–Crippen LogP) is 0.432. The number of nitrogens with one attached hydrogen (secondary N) is 1. The van der Waals surface area contributed by atoms with Crippen LogP contribution in [-0.2, 0) is 14.4 Å². The summed E-state index contributed by atoms with van der Waals surface area (Å²) in [7, 11) is 0. The summed E-state index contributed by atoms with van der Waals surface area (Å²) in [5, 5.41) is 20.1. The van der Waals surface area contributed by atoms with Crippen molar-refractivity contribution in [1.29, 1.82) is 0 Å². The Kier molecular flexibility index (Phi) is 7.20. The van der Waals surface area contributed by atoms with Crippen LogP contribution in [0, 0.1) is 11.3 Å². The molecule has 1 amide bonds. The molecule has 0 aromatic heterocycles. The van der Waals surface area contributed by atoms with Crippen LogP contribution in [0.3, 0.4) is 0 Å².